The van der Waals surface area contributed by atoms with E-state index in [4.69, 9.17) is 5.26 Å². The second kappa shape index (κ2) is 18.0. The van der Waals surface area contributed by atoms with Crippen molar-refractivity contribution in [1.29, 1.82) is 5.26 Å². The SMILES string of the molecule is CCCCCCCCCCCCCCN(CC#N)C(=O)/C=C\C(=O)OC. The molecule has 148 valence electrons. The highest BCUT2D eigenvalue weighted by atomic mass is 16.5. The maximum atomic E-state index is 12.0. The summed E-state index contributed by atoms with van der Waals surface area (Å²) in [5.74, 6) is -0.888. The van der Waals surface area contributed by atoms with Crippen LogP contribution in [0.25, 0.3) is 0 Å². The van der Waals surface area contributed by atoms with Crippen molar-refractivity contribution in [2.24, 2.45) is 0 Å². The molecule has 0 N–H and O–H groups in total. The molecule has 0 saturated heterocycles. The normalized spacial score (nSPS) is 10.7. The van der Waals surface area contributed by atoms with Crippen LogP contribution >= 0.6 is 0 Å². The summed E-state index contributed by atoms with van der Waals surface area (Å²) in [6.45, 7) is 2.84. The number of rotatable bonds is 16. The van der Waals surface area contributed by atoms with Gasteiger partial charge in [0.1, 0.15) is 6.54 Å². The van der Waals surface area contributed by atoms with Crippen molar-refractivity contribution in [2.45, 2.75) is 84.0 Å². The van der Waals surface area contributed by atoms with Crippen LogP contribution in [0.2, 0.25) is 0 Å². The molecule has 0 saturated carbocycles. The van der Waals surface area contributed by atoms with Crippen LogP contribution in [0.3, 0.4) is 0 Å². The molecule has 0 aromatic heterocycles. The summed E-state index contributed by atoms with van der Waals surface area (Å²) >= 11 is 0. The van der Waals surface area contributed by atoms with Gasteiger partial charge in [-0.1, -0.05) is 77.6 Å². The maximum absolute atomic E-state index is 12.0. The summed E-state index contributed by atoms with van der Waals surface area (Å²) in [6.07, 6.45) is 17.4. The first-order valence-electron chi connectivity index (χ1n) is 10.1. The van der Waals surface area contributed by atoms with Gasteiger partial charge >= 0.3 is 5.97 Å². The van der Waals surface area contributed by atoms with E-state index in [2.05, 4.69) is 11.7 Å². The molecule has 0 aromatic carbocycles. The number of carbonyl (C=O) groups excluding carboxylic acids is 2. The van der Waals surface area contributed by atoms with Gasteiger partial charge in [0.15, 0.2) is 0 Å². The summed E-state index contributed by atoms with van der Waals surface area (Å²) in [7, 11) is 1.26. The first-order valence-corrected chi connectivity index (χ1v) is 10.1. The van der Waals surface area contributed by atoms with Gasteiger partial charge in [-0.05, 0) is 6.42 Å². The van der Waals surface area contributed by atoms with Crippen LogP contribution in [-0.2, 0) is 14.3 Å². The first-order chi connectivity index (χ1) is 12.7. The third kappa shape index (κ3) is 14.5. The highest BCUT2D eigenvalue weighted by molar-refractivity contribution is 5.94. The Bertz CT molecular complexity index is 441. The van der Waals surface area contributed by atoms with Crippen molar-refractivity contribution in [3.05, 3.63) is 12.2 Å². The van der Waals surface area contributed by atoms with Gasteiger partial charge in [0.05, 0.1) is 13.2 Å². The fourth-order valence-electron chi connectivity index (χ4n) is 2.81. The number of nitrogens with zero attached hydrogens (tertiary/aromatic N) is 2. The minimum absolute atomic E-state index is 0.0440. The number of carbonyl (C=O) groups is 2. The molecular formula is C21H36N2O3. The van der Waals surface area contributed by atoms with Crippen LogP contribution in [0.1, 0.15) is 84.0 Å². The summed E-state index contributed by atoms with van der Waals surface area (Å²) in [5.41, 5.74) is 0. The lowest BCUT2D eigenvalue weighted by atomic mass is 10.1. The molecular weight excluding hydrogens is 328 g/mol. The summed E-state index contributed by atoms with van der Waals surface area (Å²) in [4.78, 5) is 24.5. The van der Waals surface area contributed by atoms with E-state index in [1.807, 2.05) is 6.07 Å². The molecule has 0 rings (SSSR count). The first kappa shape index (κ1) is 24.2. The second-order valence-electron chi connectivity index (χ2n) is 6.66. The summed E-state index contributed by atoms with van der Waals surface area (Å²) < 4.78 is 4.46. The van der Waals surface area contributed by atoms with Crippen molar-refractivity contribution >= 4 is 11.9 Å². The van der Waals surface area contributed by atoms with Crippen LogP contribution in [0, 0.1) is 11.3 Å². The molecule has 0 unspecified atom stereocenters. The number of esters is 1. The second-order valence-corrected chi connectivity index (χ2v) is 6.66. The fourth-order valence-corrected chi connectivity index (χ4v) is 2.81. The average molecular weight is 365 g/mol. The lowest BCUT2D eigenvalue weighted by Crippen LogP contribution is -2.31. The molecule has 1 amide bonds. The molecule has 0 aromatic rings. The molecule has 0 aliphatic carbocycles. The number of nitriles is 1. The molecule has 0 fully saturated rings. The van der Waals surface area contributed by atoms with E-state index < -0.39 is 5.97 Å². The Morgan fingerprint density at radius 2 is 1.38 bits per heavy atom. The lowest BCUT2D eigenvalue weighted by molar-refractivity contribution is -0.135. The van der Waals surface area contributed by atoms with Gasteiger partial charge in [-0.15, -0.1) is 0 Å². The maximum Gasteiger partial charge on any atom is 0.330 e. The zero-order valence-corrected chi connectivity index (χ0v) is 16.7. The molecule has 5 heteroatoms. The summed E-state index contributed by atoms with van der Waals surface area (Å²) in [6, 6.07) is 2.00. The van der Waals surface area contributed by atoms with E-state index in [0.29, 0.717) is 6.54 Å². The molecule has 0 aliphatic heterocycles. The average Bonchev–Trinajstić information content (AvgIpc) is 2.65. The van der Waals surface area contributed by atoms with Crippen LogP contribution in [0.5, 0.6) is 0 Å². The molecule has 0 spiro atoms. The number of hydrogen-bond donors (Lipinski definition) is 0. The largest absolute Gasteiger partial charge is 0.466 e. The Morgan fingerprint density at radius 3 is 1.85 bits per heavy atom. The Labute approximate surface area is 159 Å². The minimum Gasteiger partial charge on any atom is -0.466 e. The predicted molar refractivity (Wildman–Crippen MR) is 104 cm³/mol. The smallest absolute Gasteiger partial charge is 0.330 e. The highest BCUT2D eigenvalue weighted by Crippen LogP contribution is 2.12. The monoisotopic (exact) mass is 364 g/mol. The zero-order valence-electron chi connectivity index (χ0n) is 16.7. The minimum atomic E-state index is -0.569. The van der Waals surface area contributed by atoms with Crippen LogP contribution in [0.4, 0.5) is 0 Å². The van der Waals surface area contributed by atoms with Crippen molar-refractivity contribution in [3.63, 3.8) is 0 Å². The molecule has 0 atom stereocenters. The number of ether oxygens (including phenoxy) is 1. The Morgan fingerprint density at radius 1 is 0.885 bits per heavy atom. The van der Waals surface area contributed by atoms with E-state index >= 15 is 0 Å². The van der Waals surface area contributed by atoms with E-state index in [0.717, 1.165) is 18.9 Å². The standard InChI is InChI=1S/C21H36N2O3/c1-3-4-5-6-7-8-9-10-11-12-13-14-18-23(19-17-22)20(24)15-16-21(25)26-2/h15-16H,3-14,18-19H2,1-2H3/b16-15-. The van der Waals surface area contributed by atoms with Gasteiger partial charge in [0.2, 0.25) is 5.91 Å². The van der Waals surface area contributed by atoms with E-state index in [9.17, 15) is 9.59 Å². The molecule has 0 heterocycles. The zero-order chi connectivity index (χ0) is 19.5. The number of hydrogen-bond acceptors (Lipinski definition) is 4. The van der Waals surface area contributed by atoms with Gasteiger partial charge in [0.25, 0.3) is 0 Å². The molecule has 0 bridgehead atoms. The number of unbranched alkanes of at least 4 members (excludes halogenated alkanes) is 11. The third-order valence-electron chi connectivity index (χ3n) is 4.42. The number of amides is 1. The fraction of sp³-hybridized carbons (Fsp3) is 0.762. The van der Waals surface area contributed by atoms with Crippen molar-refractivity contribution in [3.8, 4) is 6.07 Å². The topological polar surface area (TPSA) is 70.4 Å². The quantitative estimate of drug-likeness (QED) is 0.171. The van der Waals surface area contributed by atoms with Gasteiger partial charge in [0, 0.05) is 18.7 Å². The molecule has 5 nitrogen and oxygen atoms in total. The van der Waals surface area contributed by atoms with Crippen molar-refractivity contribution in [1.82, 2.24) is 4.90 Å². The lowest BCUT2D eigenvalue weighted by Gasteiger charge is -2.17. The van der Waals surface area contributed by atoms with Crippen molar-refractivity contribution in [2.75, 3.05) is 20.2 Å². The van der Waals surface area contributed by atoms with E-state index in [1.54, 1.807) is 0 Å². The third-order valence-corrected chi connectivity index (χ3v) is 4.42. The van der Waals surface area contributed by atoms with Gasteiger partial charge < -0.3 is 9.64 Å². The molecule has 0 radical (unpaired) electrons. The van der Waals surface area contributed by atoms with Crippen LogP contribution in [-0.4, -0.2) is 37.0 Å². The van der Waals surface area contributed by atoms with Gasteiger partial charge in [-0.3, -0.25) is 4.79 Å². The Balaban J connectivity index is 3.71. The molecule has 26 heavy (non-hydrogen) atoms. The van der Waals surface area contributed by atoms with Crippen LogP contribution in [0.15, 0.2) is 12.2 Å². The molecule has 0 aliphatic rings. The van der Waals surface area contributed by atoms with Gasteiger partial charge in [-0.2, -0.15) is 5.26 Å². The summed E-state index contributed by atoms with van der Waals surface area (Å²) in [5, 5.41) is 8.84. The van der Waals surface area contributed by atoms with E-state index in [1.165, 1.54) is 82.3 Å². The highest BCUT2D eigenvalue weighted by Gasteiger charge is 2.10. The van der Waals surface area contributed by atoms with E-state index in [-0.39, 0.29) is 12.5 Å². The van der Waals surface area contributed by atoms with Crippen molar-refractivity contribution < 1.29 is 14.3 Å². The number of methoxy groups -OCH3 is 1. The predicted octanol–water partition coefficient (Wildman–Crippen LogP) is 4.77. The van der Waals surface area contributed by atoms with Gasteiger partial charge in [-0.25, -0.2) is 4.79 Å². The Kier molecular flexibility index (Phi) is 16.7. The Hall–Kier alpha value is -1.83. The van der Waals surface area contributed by atoms with Crippen LogP contribution < -0.4 is 0 Å².